The number of hydrogen-bond donors (Lipinski definition) is 2. The van der Waals surface area contributed by atoms with Crippen molar-refractivity contribution < 1.29 is 41.0 Å². The molecule has 1 aromatic carbocycles. The first-order valence-corrected chi connectivity index (χ1v) is 13.9. The summed E-state index contributed by atoms with van der Waals surface area (Å²) in [5, 5.41) is 22.2. The van der Waals surface area contributed by atoms with Crippen molar-refractivity contribution in [3.63, 3.8) is 0 Å². The first kappa shape index (κ1) is 31.8. The molecule has 1 saturated heterocycles. The average molecular weight is 636 g/mol. The van der Waals surface area contributed by atoms with Crippen LogP contribution in [0.5, 0.6) is 0 Å². The number of nitrogens with zero attached hydrogens (tertiary/aromatic N) is 6. The van der Waals surface area contributed by atoms with Crippen LogP contribution in [0.1, 0.15) is 59.6 Å². The molecule has 2 aromatic heterocycles. The molecule has 2 atom stereocenters. The molecule has 2 aliphatic rings. The number of amides is 1. The molecule has 5 rings (SSSR count). The lowest BCUT2D eigenvalue weighted by atomic mass is 9.93. The summed E-state index contributed by atoms with van der Waals surface area (Å²) in [4.78, 5) is 27.7. The van der Waals surface area contributed by atoms with E-state index in [4.69, 9.17) is 4.74 Å². The van der Waals surface area contributed by atoms with Crippen molar-refractivity contribution in [1.82, 2.24) is 15.0 Å². The number of nitrogens with one attached hydrogen (secondary N) is 1. The van der Waals surface area contributed by atoms with Gasteiger partial charge in [0.05, 0.1) is 65.4 Å². The molecule has 0 bridgehead atoms. The highest BCUT2D eigenvalue weighted by atomic mass is 19.4. The first-order valence-electron chi connectivity index (χ1n) is 13.9. The Balaban J connectivity index is 1.56. The monoisotopic (exact) mass is 635 g/mol. The Kier molecular flexibility index (Phi) is 8.74. The van der Waals surface area contributed by atoms with Crippen LogP contribution < -0.4 is 15.1 Å². The fourth-order valence-corrected chi connectivity index (χ4v) is 5.56. The molecule has 238 valence electrons. The molecule has 1 amide bonds. The number of rotatable bonds is 6. The van der Waals surface area contributed by atoms with Crippen LogP contribution in [-0.2, 0) is 23.5 Å². The molecular weight excluding hydrogens is 608 g/mol. The minimum atomic E-state index is -4.79. The zero-order valence-electron chi connectivity index (χ0n) is 23.8. The second-order valence-electron chi connectivity index (χ2n) is 10.6. The molecule has 0 radical (unpaired) electrons. The summed E-state index contributed by atoms with van der Waals surface area (Å²) in [5.41, 5.74) is -1.54. The number of pyridine rings is 1. The summed E-state index contributed by atoms with van der Waals surface area (Å²) < 4.78 is 87.0. The van der Waals surface area contributed by atoms with Gasteiger partial charge in [-0.15, -0.1) is 0 Å². The SMILES string of the molecule is CC[C@@H]1C[C@H](Nc2ncc(N3CCOCC3)c(Cc3cc(C#N)cc(C(F)(F)F)c3)n2)c2nc(C(F)(F)F)ccc2N1C(=O)O. The van der Waals surface area contributed by atoms with Gasteiger partial charge >= 0.3 is 18.4 Å². The summed E-state index contributed by atoms with van der Waals surface area (Å²) in [5.74, 6) is -0.0386. The van der Waals surface area contributed by atoms with Crippen LogP contribution in [-0.4, -0.2) is 58.5 Å². The van der Waals surface area contributed by atoms with Crippen LogP contribution in [0.2, 0.25) is 0 Å². The van der Waals surface area contributed by atoms with E-state index in [2.05, 4.69) is 20.3 Å². The van der Waals surface area contributed by atoms with Gasteiger partial charge < -0.3 is 20.1 Å². The van der Waals surface area contributed by atoms with Crippen LogP contribution in [0.4, 0.5) is 48.5 Å². The quantitative estimate of drug-likeness (QED) is 0.312. The van der Waals surface area contributed by atoms with E-state index in [1.165, 1.54) is 12.3 Å². The highest BCUT2D eigenvalue weighted by molar-refractivity contribution is 5.88. The summed E-state index contributed by atoms with van der Waals surface area (Å²) >= 11 is 0. The Morgan fingerprint density at radius 1 is 1.09 bits per heavy atom. The fourth-order valence-electron chi connectivity index (χ4n) is 5.56. The number of carboxylic acid groups (broad SMARTS) is 1. The number of ether oxygens (including phenoxy) is 1. The number of morpholine rings is 1. The molecule has 2 aliphatic heterocycles. The molecule has 10 nitrogen and oxygen atoms in total. The van der Waals surface area contributed by atoms with E-state index >= 15 is 0 Å². The summed E-state index contributed by atoms with van der Waals surface area (Å²) in [7, 11) is 0. The second-order valence-corrected chi connectivity index (χ2v) is 10.6. The Labute approximate surface area is 253 Å². The van der Waals surface area contributed by atoms with Crippen LogP contribution in [0.3, 0.4) is 0 Å². The minimum Gasteiger partial charge on any atom is -0.465 e. The second kappa shape index (κ2) is 12.4. The molecule has 0 unspecified atom stereocenters. The molecule has 45 heavy (non-hydrogen) atoms. The lowest BCUT2D eigenvalue weighted by molar-refractivity contribution is -0.141. The summed E-state index contributed by atoms with van der Waals surface area (Å²) in [6.45, 7) is 3.45. The smallest absolute Gasteiger partial charge is 0.433 e. The van der Waals surface area contributed by atoms with Crippen molar-refractivity contribution in [3.05, 3.63) is 70.3 Å². The number of aromatic nitrogens is 3. The van der Waals surface area contributed by atoms with Gasteiger partial charge in [-0.3, -0.25) is 4.90 Å². The fraction of sp³-hybridized carbons (Fsp3) is 0.414. The highest BCUT2D eigenvalue weighted by Crippen LogP contribution is 2.41. The topological polar surface area (TPSA) is 127 Å². The predicted molar refractivity (Wildman–Crippen MR) is 149 cm³/mol. The van der Waals surface area contributed by atoms with Gasteiger partial charge in [0.25, 0.3) is 0 Å². The molecule has 2 N–H and O–H groups in total. The normalized spacial score (nSPS) is 18.7. The molecule has 0 spiro atoms. The van der Waals surface area contributed by atoms with E-state index < -0.39 is 41.8 Å². The van der Waals surface area contributed by atoms with E-state index in [1.807, 2.05) is 4.90 Å². The van der Waals surface area contributed by atoms with Crippen molar-refractivity contribution in [2.45, 2.75) is 50.6 Å². The van der Waals surface area contributed by atoms with Gasteiger partial charge in [-0.05, 0) is 48.7 Å². The molecule has 3 aromatic rings. The van der Waals surface area contributed by atoms with E-state index in [1.54, 1.807) is 13.0 Å². The van der Waals surface area contributed by atoms with Gasteiger partial charge in [-0.2, -0.15) is 31.6 Å². The van der Waals surface area contributed by atoms with E-state index in [9.17, 15) is 41.5 Å². The van der Waals surface area contributed by atoms with Gasteiger partial charge in [0.1, 0.15) is 5.69 Å². The van der Waals surface area contributed by atoms with E-state index in [0.717, 1.165) is 29.2 Å². The largest absolute Gasteiger partial charge is 0.465 e. The van der Waals surface area contributed by atoms with Gasteiger partial charge in [-0.25, -0.2) is 19.7 Å². The van der Waals surface area contributed by atoms with Crippen LogP contribution in [0.15, 0.2) is 36.5 Å². The zero-order chi connectivity index (χ0) is 32.5. The number of anilines is 3. The number of benzene rings is 1. The van der Waals surface area contributed by atoms with Crippen LogP contribution >= 0.6 is 0 Å². The number of nitriles is 1. The van der Waals surface area contributed by atoms with Crippen molar-refractivity contribution >= 4 is 23.4 Å². The molecular formula is C29H27F6N7O3. The van der Waals surface area contributed by atoms with Crippen molar-refractivity contribution in [2.75, 3.05) is 41.4 Å². The standard InChI is InChI=1S/C29H27F6N7O3/c1-2-19-13-21(25-22(42(19)27(43)44)3-4-24(40-25)29(33,34)35)39-26-37-15-23(41-5-7-45-8-6-41)20(38-26)12-16-9-17(14-36)11-18(10-16)28(30,31)32/h3-4,9-11,15,19,21H,2,5-8,12-13H2,1H3,(H,43,44)(H,37,38,39)/t19-,21+/m1/s1. The van der Waals surface area contributed by atoms with E-state index in [0.29, 0.717) is 44.1 Å². The van der Waals surface area contributed by atoms with Crippen LogP contribution in [0.25, 0.3) is 0 Å². The lowest BCUT2D eigenvalue weighted by Gasteiger charge is -2.38. The van der Waals surface area contributed by atoms with E-state index in [-0.39, 0.29) is 41.3 Å². The third-order valence-electron chi connectivity index (χ3n) is 7.65. The van der Waals surface area contributed by atoms with Gasteiger partial charge in [-0.1, -0.05) is 6.92 Å². The first-order chi connectivity index (χ1) is 21.3. The maximum atomic E-state index is 13.6. The summed E-state index contributed by atoms with van der Waals surface area (Å²) in [6, 6.07) is 5.04. The van der Waals surface area contributed by atoms with Gasteiger partial charge in [0, 0.05) is 25.6 Å². The highest BCUT2D eigenvalue weighted by Gasteiger charge is 2.40. The third kappa shape index (κ3) is 6.88. The van der Waals surface area contributed by atoms with Gasteiger partial charge in [0.15, 0.2) is 0 Å². The number of carbonyl (C=O) groups is 1. The zero-order valence-corrected chi connectivity index (χ0v) is 23.8. The molecule has 4 heterocycles. The Hall–Kier alpha value is -4.65. The number of alkyl halides is 6. The maximum Gasteiger partial charge on any atom is 0.433 e. The molecule has 16 heteroatoms. The Bertz CT molecular complexity index is 1620. The minimum absolute atomic E-state index is 0.00995. The third-order valence-corrected chi connectivity index (χ3v) is 7.65. The number of fused-ring (bicyclic) bond motifs is 1. The molecule has 0 aliphatic carbocycles. The number of halogens is 6. The van der Waals surface area contributed by atoms with Crippen molar-refractivity contribution in [3.8, 4) is 6.07 Å². The Morgan fingerprint density at radius 2 is 1.82 bits per heavy atom. The van der Waals surface area contributed by atoms with Crippen LogP contribution in [0, 0.1) is 11.3 Å². The summed E-state index contributed by atoms with van der Waals surface area (Å²) in [6.07, 6.45) is -9.06. The molecule has 0 saturated carbocycles. The number of hydrogen-bond acceptors (Lipinski definition) is 8. The van der Waals surface area contributed by atoms with Crippen molar-refractivity contribution in [1.29, 1.82) is 5.26 Å². The van der Waals surface area contributed by atoms with Crippen molar-refractivity contribution in [2.24, 2.45) is 0 Å². The van der Waals surface area contributed by atoms with Gasteiger partial charge in [0.2, 0.25) is 5.95 Å². The lowest BCUT2D eigenvalue weighted by Crippen LogP contribution is -2.45. The maximum absolute atomic E-state index is 13.6. The molecule has 1 fully saturated rings. The Morgan fingerprint density at radius 3 is 2.44 bits per heavy atom. The predicted octanol–water partition coefficient (Wildman–Crippen LogP) is 6.03. The average Bonchev–Trinajstić information content (AvgIpc) is 3.00.